The second-order valence-electron chi connectivity index (χ2n) is 15.2. The van der Waals surface area contributed by atoms with E-state index in [1.165, 1.54) is 105 Å². The second kappa shape index (κ2) is 11.0. The van der Waals surface area contributed by atoms with E-state index in [1.54, 1.807) is 50.2 Å². The fraction of sp³-hybridized carbons (Fsp3) is 0.348. The molecule has 10 rings (SSSR count). The first kappa shape index (κ1) is 28.0. The maximum Gasteiger partial charge on any atom is 0.0537 e. The van der Waals surface area contributed by atoms with Crippen molar-refractivity contribution in [2.24, 2.45) is 11.3 Å². The van der Waals surface area contributed by atoms with Crippen LogP contribution < -0.4 is 0 Å². The molecule has 1 heterocycles. The summed E-state index contributed by atoms with van der Waals surface area (Å²) in [6.45, 7) is 0. The van der Waals surface area contributed by atoms with E-state index in [0.717, 1.165) is 12.8 Å². The highest BCUT2D eigenvalue weighted by Crippen LogP contribution is 2.64. The van der Waals surface area contributed by atoms with Gasteiger partial charge in [0.15, 0.2) is 0 Å². The van der Waals surface area contributed by atoms with E-state index in [9.17, 15) is 0 Å². The number of rotatable bonds is 3. The highest BCUT2D eigenvalue weighted by atomic mass is 15.0. The van der Waals surface area contributed by atoms with Gasteiger partial charge in [0.1, 0.15) is 0 Å². The molecule has 0 N–H and O–H groups in total. The van der Waals surface area contributed by atoms with Crippen LogP contribution >= 0.6 is 0 Å². The van der Waals surface area contributed by atoms with Gasteiger partial charge in [-0.15, -0.1) is 0 Å². The van der Waals surface area contributed by atoms with Crippen molar-refractivity contribution in [2.45, 2.75) is 89.9 Å². The third-order valence-electron chi connectivity index (χ3n) is 13.0. The molecule has 0 aliphatic heterocycles. The highest BCUT2D eigenvalue weighted by Gasteiger charge is 2.51. The lowest BCUT2D eigenvalue weighted by Gasteiger charge is -2.43. The number of aromatic nitrogens is 1. The first-order valence-corrected chi connectivity index (χ1v) is 18.6. The molecule has 0 radical (unpaired) electrons. The Morgan fingerprint density at radius 3 is 2.11 bits per heavy atom. The van der Waals surface area contributed by atoms with Crippen LogP contribution in [0.5, 0.6) is 0 Å². The molecule has 2 aromatic carbocycles. The minimum Gasteiger partial charge on any atom is -0.313 e. The summed E-state index contributed by atoms with van der Waals surface area (Å²) in [4.78, 5) is 0. The van der Waals surface area contributed by atoms with Gasteiger partial charge in [0, 0.05) is 21.9 Å². The standard InChI is InChI=1S/C46H45N/c1-8-26-46(27-9-1)42-29-35(32-18-22-37(23-19-32)47-44-14-6-4-12-40(44)41-13-5-7-15-45(41)47)20-24-38(42)39-25-21-36(30-43(39)46)34-17-16-31-10-2-3-11-33(31)28-34/h2,4-7,10,12-15,18,21-22,25,28-29,43H,1,3,8-9,11,16-17,19-20,23-24,26-27,30H2. The monoisotopic (exact) mass is 611 g/mol. The zero-order chi connectivity index (χ0) is 31.0. The largest absolute Gasteiger partial charge is 0.313 e. The molecule has 0 saturated heterocycles. The van der Waals surface area contributed by atoms with E-state index < -0.39 is 0 Å². The summed E-state index contributed by atoms with van der Waals surface area (Å²) >= 11 is 0. The Morgan fingerprint density at radius 1 is 0.596 bits per heavy atom. The number of nitrogens with zero attached hydrogens (tertiary/aromatic N) is 1. The van der Waals surface area contributed by atoms with E-state index in [0.29, 0.717) is 11.3 Å². The molecule has 7 aliphatic carbocycles. The van der Waals surface area contributed by atoms with Crippen molar-refractivity contribution in [1.29, 1.82) is 0 Å². The van der Waals surface area contributed by atoms with Crippen molar-refractivity contribution >= 4 is 27.5 Å². The number of para-hydroxylation sites is 2. The van der Waals surface area contributed by atoms with Crippen molar-refractivity contribution in [1.82, 2.24) is 4.57 Å². The van der Waals surface area contributed by atoms with Crippen molar-refractivity contribution in [3.8, 4) is 0 Å². The van der Waals surface area contributed by atoms with E-state index in [1.807, 2.05) is 0 Å². The van der Waals surface area contributed by atoms with E-state index in [2.05, 4.69) is 102 Å². The van der Waals surface area contributed by atoms with Crippen LogP contribution in [0.1, 0.15) is 89.9 Å². The maximum atomic E-state index is 2.74. The molecule has 1 heteroatoms. The van der Waals surface area contributed by atoms with Gasteiger partial charge < -0.3 is 4.57 Å². The summed E-state index contributed by atoms with van der Waals surface area (Å²) in [7, 11) is 0. The third-order valence-corrected chi connectivity index (χ3v) is 13.0. The minimum absolute atomic E-state index is 0.344. The Kier molecular flexibility index (Phi) is 6.53. The lowest BCUT2D eigenvalue weighted by molar-refractivity contribution is 0.181. The lowest BCUT2D eigenvalue weighted by atomic mass is 9.61. The van der Waals surface area contributed by atoms with Crippen LogP contribution in [0.15, 0.2) is 147 Å². The van der Waals surface area contributed by atoms with Crippen LogP contribution in [0.4, 0.5) is 0 Å². The first-order chi connectivity index (χ1) is 23.3. The Hall–Kier alpha value is -4.10. The maximum absolute atomic E-state index is 2.74. The quantitative estimate of drug-likeness (QED) is 0.278. The zero-order valence-corrected chi connectivity index (χ0v) is 27.7. The molecule has 0 bridgehead atoms. The molecular weight excluding hydrogens is 567 g/mol. The Labute approximate surface area is 279 Å². The molecule has 234 valence electrons. The van der Waals surface area contributed by atoms with Crippen LogP contribution in [0.3, 0.4) is 0 Å². The SMILES string of the molecule is C1=CC2=C(C=C(C3=CC=C4C5=C(C=C(C6=CC=C(n7c8ccccc8c8ccccc87)CC6)CC5)C5(CCCCC5)C4C3)CC2)CC1. The fourth-order valence-corrected chi connectivity index (χ4v) is 10.7. The van der Waals surface area contributed by atoms with Gasteiger partial charge in [-0.2, -0.15) is 0 Å². The van der Waals surface area contributed by atoms with Crippen molar-refractivity contribution in [2.75, 3.05) is 0 Å². The van der Waals surface area contributed by atoms with Gasteiger partial charge in [0.25, 0.3) is 0 Å². The van der Waals surface area contributed by atoms with Crippen LogP contribution in [0.25, 0.3) is 27.5 Å². The van der Waals surface area contributed by atoms with E-state index in [4.69, 9.17) is 0 Å². The Balaban J connectivity index is 1.000. The Morgan fingerprint density at radius 2 is 1.32 bits per heavy atom. The second-order valence-corrected chi connectivity index (χ2v) is 15.2. The zero-order valence-electron chi connectivity index (χ0n) is 27.7. The smallest absolute Gasteiger partial charge is 0.0537 e. The predicted octanol–water partition coefficient (Wildman–Crippen LogP) is 12.6. The third kappa shape index (κ3) is 4.35. The molecule has 1 atom stereocenters. The average molecular weight is 612 g/mol. The number of allylic oxidation sites excluding steroid dienone is 18. The molecule has 1 nitrogen and oxygen atoms in total. The molecule has 3 aromatic rings. The Bertz CT molecular complexity index is 2080. The van der Waals surface area contributed by atoms with E-state index >= 15 is 0 Å². The molecule has 0 amide bonds. The van der Waals surface area contributed by atoms with Gasteiger partial charge in [-0.1, -0.05) is 98.2 Å². The topological polar surface area (TPSA) is 4.93 Å². The summed E-state index contributed by atoms with van der Waals surface area (Å²) in [6.07, 6.45) is 37.9. The van der Waals surface area contributed by atoms with Crippen molar-refractivity contribution < 1.29 is 0 Å². The lowest BCUT2D eigenvalue weighted by Crippen LogP contribution is -2.33. The van der Waals surface area contributed by atoms with Gasteiger partial charge in [0.2, 0.25) is 0 Å². The number of hydrogen-bond donors (Lipinski definition) is 0. The molecule has 1 saturated carbocycles. The normalized spacial score (nSPS) is 25.1. The van der Waals surface area contributed by atoms with Crippen molar-refractivity contribution in [3.63, 3.8) is 0 Å². The molecule has 1 fully saturated rings. The molecule has 1 unspecified atom stereocenters. The van der Waals surface area contributed by atoms with Crippen molar-refractivity contribution in [3.05, 3.63) is 147 Å². The molecule has 1 spiro atoms. The predicted molar refractivity (Wildman–Crippen MR) is 198 cm³/mol. The number of hydrogen-bond acceptors (Lipinski definition) is 0. The molecular formula is C46H45N. The van der Waals surface area contributed by atoms with Crippen LogP contribution in [0, 0.1) is 11.3 Å². The summed E-state index contributed by atoms with van der Waals surface area (Å²) in [5.41, 5.74) is 19.3. The minimum atomic E-state index is 0.344. The van der Waals surface area contributed by atoms with Crippen LogP contribution in [-0.4, -0.2) is 4.57 Å². The molecule has 47 heavy (non-hydrogen) atoms. The molecule has 7 aliphatic rings. The van der Waals surface area contributed by atoms with Gasteiger partial charge in [-0.25, -0.2) is 0 Å². The van der Waals surface area contributed by atoms with Crippen LogP contribution in [0.2, 0.25) is 0 Å². The number of benzene rings is 2. The fourth-order valence-electron chi connectivity index (χ4n) is 10.7. The van der Waals surface area contributed by atoms with Crippen LogP contribution in [-0.2, 0) is 0 Å². The van der Waals surface area contributed by atoms with Gasteiger partial charge in [-0.3, -0.25) is 0 Å². The van der Waals surface area contributed by atoms with E-state index in [-0.39, 0.29) is 0 Å². The summed E-state index contributed by atoms with van der Waals surface area (Å²) in [5, 5.41) is 2.71. The summed E-state index contributed by atoms with van der Waals surface area (Å²) < 4.78 is 2.52. The molecule has 1 aromatic heterocycles. The van der Waals surface area contributed by atoms with Gasteiger partial charge in [-0.05, 0) is 145 Å². The first-order valence-electron chi connectivity index (χ1n) is 18.6. The van der Waals surface area contributed by atoms with Gasteiger partial charge >= 0.3 is 0 Å². The van der Waals surface area contributed by atoms with Gasteiger partial charge in [0.05, 0.1) is 11.0 Å². The average Bonchev–Trinajstić information content (AvgIpc) is 3.61. The highest BCUT2D eigenvalue weighted by molar-refractivity contribution is 6.10. The summed E-state index contributed by atoms with van der Waals surface area (Å²) in [6, 6.07) is 17.8. The number of fused-ring (bicyclic) bond motifs is 7. The summed E-state index contributed by atoms with van der Waals surface area (Å²) in [5.74, 6) is 0.674.